The summed E-state index contributed by atoms with van der Waals surface area (Å²) < 4.78 is 61.2. The maximum absolute atomic E-state index is 14.6. The van der Waals surface area contributed by atoms with E-state index in [0.717, 1.165) is 0 Å². The van der Waals surface area contributed by atoms with Crippen LogP contribution in [0.1, 0.15) is 53.7 Å². The summed E-state index contributed by atoms with van der Waals surface area (Å²) >= 11 is 0. The number of fused-ring (bicyclic) bond motifs is 1. The van der Waals surface area contributed by atoms with Crippen LogP contribution >= 0.6 is 0 Å². The van der Waals surface area contributed by atoms with E-state index in [9.17, 15) is 22.4 Å². The molecule has 1 aliphatic heterocycles. The number of aromatic nitrogens is 3. The first kappa shape index (κ1) is 26.5. The lowest BCUT2D eigenvalue weighted by molar-refractivity contribution is -0.127. The van der Waals surface area contributed by atoms with Crippen molar-refractivity contribution in [2.24, 2.45) is 0 Å². The molecule has 0 aromatic carbocycles. The molecule has 2 N–H and O–H groups in total. The predicted molar refractivity (Wildman–Crippen MR) is 129 cm³/mol. The first-order valence-electron chi connectivity index (χ1n) is 11.9. The van der Waals surface area contributed by atoms with E-state index in [-0.39, 0.29) is 41.5 Å². The Kier molecular flexibility index (Phi) is 7.73. The Morgan fingerprint density at radius 3 is 2.78 bits per heavy atom. The molecule has 12 heteroatoms. The Labute approximate surface area is 211 Å². The molecule has 3 aromatic rings. The zero-order chi connectivity index (χ0) is 26.7. The molecular weight excluding hydrogens is 492 g/mol. The van der Waals surface area contributed by atoms with Crippen molar-refractivity contribution < 1.29 is 26.9 Å². The maximum atomic E-state index is 14.6. The highest BCUT2D eigenvalue weighted by Gasteiger charge is 2.32. The number of halogens is 4. The van der Waals surface area contributed by atoms with Gasteiger partial charge in [0.05, 0.1) is 24.5 Å². The van der Waals surface area contributed by atoms with Crippen molar-refractivity contribution in [1.82, 2.24) is 25.0 Å². The van der Waals surface area contributed by atoms with Gasteiger partial charge in [0.25, 0.3) is 5.91 Å². The van der Waals surface area contributed by atoms with Crippen molar-refractivity contribution in [3.05, 3.63) is 47.0 Å². The van der Waals surface area contributed by atoms with Gasteiger partial charge in [-0.2, -0.15) is 18.3 Å². The van der Waals surface area contributed by atoms with Gasteiger partial charge in [-0.3, -0.25) is 4.79 Å². The highest BCUT2D eigenvalue weighted by Crippen LogP contribution is 2.28. The molecule has 2 atom stereocenters. The number of carbonyl (C=O) groups is 1. The third-order valence-electron chi connectivity index (χ3n) is 6.09. The van der Waals surface area contributed by atoms with E-state index in [4.69, 9.17) is 4.52 Å². The smallest absolute Gasteiger partial charge is 0.364 e. The number of hydrogen-bond donors (Lipinski definition) is 2. The lowest BCUT2D eigenvalue weighted by Crippen LogP contribution is -2.46. The summed E-state index contributed by atoms with van der Waals surface area (Å²) in [4.78, 5) is 14.1. The number of pyridine rings is 1. The van der Waals surface area contributed by atoms with E-state index in [2.05, 4.69) is 32.7 Å². The summed E-state index contributed by atoms with van der Waals surface area (Å²) in [6, 6.07) is 5.79. The standard InChI is InChI=1S/C25H28F4N6O2/c1-15(2)22-12-20(33-37-22)24(36)30-10-5-6-18-16(13-25(27,28)29)21-7-4-8-23(35(21)32-18)31-19-9-11-34(3)14-17(19)26/h4,7-8,12,15,17,19,31H,9-11,13-14H2,1-3H3,(H,30,36)/t17-,19+/m0/s1. The van der Waals surface area contributed by atoms with Crippen LogP contribution in [-0.4, -0.2) is 70.6 Å². The minimum atomic E-state index is -4.49. The van der Waals surface area contributed by atoms with Crippen LogP contribution in [0.5, 0.6) is 0 Å². The van der Waals surface area contributed by atoms with Crippen LogP contribution in [0.2, 0.25) is 0 Å². The molecule has 0 saturated carbocycles. The highest BCUT2D eigenvalue weighted by atomic mass is 19.4. The van der Waals surface area contributed by atoms with Crippen LogP contribution < -0.4 is 10.6 Å². The zero-order valence-electron chi connectivity index (χ0n) is 20.7. The second-order valence-electron chi connectivity index (χ2n) is 9.40. The first-order valence-corrected chi connectivity index (χ1v) is 11.9. The van der Waals surface area contributed by atoms with E-state index >= 15 is 0 Å². The van der Waals surface area contributed by atoms with E-state index in [1.165, 1.54) is 16.6 Å². The van der Waals surface area contributed by atoms with Gasteiger partial charge in [0.1, 0.15) is 23.4 Å². The quantitative estimate of drug-likeness (QED) is 0.380. The van der Waals surface area contributed by atoms with Gasteiger partial charge in [-0.25, -0.2) is 8.91 Å². The summed E-state index contributed by atoms with van der Waals surface area (Å²) in [5.74, 6) is 5.80. The van der Waals surface area contributed by atoms with Crippen LogP contribution in [0.15, 0.2) is 28.8 Å². The minimum absolute atomic E-state index is 0.0607. The monoisotopic (exact) mass is 520 g/mol. The number of hydrogen-bond acceptors (Lipinski definition) is 6. The molecule has 4 rings (SSSR count). The maximum Gasteiger partial charge on any atom is 0.393 e. The number of piperidine rings is 1. The number of carbonyl (C=O) groups excluding carboxylic acids is 1. The summed E-state index contributed by atoms with van der Waals surface area (Å²) in [5.41, 5.74) is 0.160. The largest absolute Gasteiger partial charge is 0.393 e. The summed E-state index contributed by atoms with van der Waals surface area (Å²) in [6.45, 7) is 4.62. The second-order valence-corrected chi connectivity index (χ2v) is 9.40. The van der Waals surface area contributed by atoms with Crippen LogP contribution in [0.4, 0.5) is 23.4 Å². The predicted octanol–water partition coefficient (Wildman–Crippen LogP) is 3.79. The van der Waals surface area contributed by atoms with Crippen molar-refractivity contribution in [2.45, 2.75) is 51.0 Å². The Morgan fingerprint density at radius 1 is 1.32 bits per heavy atom. The number of likely N-dealkylation sites (tertiary alicyclic amines) is 1. The van der Waals surface area contributed by atoms with Crippen LogP contribution in [0.3, 0.4) is 0 Å². The lowest BCUT2D eigenvalue weighted by atomic mass is 10.0. The van der Waals surface area contributed by atoms with Crippen molar-refractivity contribution in [3.63, 3.8) is 0 Å². The fourth-order valence-corrected chi connectivity index (χ4v) is 4.12. The number of alkyl halides is 4. The highest BCUT2D eigenvalue weighted by molar-refractivity contribution is 5.92. The van der Waals surface area contributed by atoms with Crippen molar-refractivity contribution in [1.29, 1.82) is 0 Å². The van der Waals surface area contributed by atoms with Gasteiger partial charge in [0.15, 0.2) is 5.69 Å². The van der Waals surface area contributed by atoms with Crippen molar-refractivity contribution in [3.8, 4) is 11.8 Å². The molecule has 4 heterocycles. The molecule has 198 valence electrons. The molecule has 0 radical (unpaired) electrons. The average Bonchev–Trinajstić information content (AvgIpc) is 3.44. The summed E-state index contributed by atoms with van der Waals surface area (Å²) in [5, 5.41) is 13.7. The Bertz CT molecular complexity index is 1320. The SMILES string of the molecule is CC(C)c1cc(C(=O)NCC#Cc2nn3c(N[C@@H]4CCN(C)C[C@@H]4F)cccc3c2CC(F)(F)F)no1. The number of anilines is 1. The molecule has 0 bridgehead atoms. The normalized spacial score (nSPS) is 18.6. The summed E-state index contributed by atoms with van der Waals surface area (Å²) in [7, 11) is 1.84. The van der Waals surface area contributed by atoms with Gasteiger partial charge in [0, 0.05) is 30.6 Å². The molecule has 0 unspecified atom stereocenters. The van der Waals surface area contributed by atoms with Crippen molar-refractivity contribution >= 4 is 17.2 Å². The molecule has 0 aliphatic carbocycles. The average molecular weight is 521 g/mol. The Hall–Kier alpha value is -3.59. The molecule has 1 aliphatic rings. The van der Waals surface area contributed by atoms with Crippen molar-refractivity contribution in [2.75, 3.05) is 32.0 Å². The van der Waals surface area contributed by atoms with Gasteiger partial charge in [0.2, 0.25) is 0 Å². The second kappa shape index (κ2) is 10.8. The van der Waals surface area contributed by atoms with Gasteiger partial charge >= 0.3 is 6.18 Å². The summed E-state index contributed by atoms with van der Waals surface area (Å²) in [6.07, 6.45) is -6.31. The van der Waals surface area contributed by atoms with E-state index in [1.54, 1.807) is 12.1 Å². The van der Waals surface area contributed by atoms with E-state index in [1.807, 2.05) is 25.8 Å². The third kappa shape index (κ3) is 6.40. The number of rotatable bonds is 6. The molecule has 0 spiro atoms. The van der Waals surface area contributed by atoms with Gasteiger partial charge in [-0.05, 0) is 31.5 Å². The Balaban J connectivity index is 1.56. The first-order chi connectivity index (χ1) is 17.5. The van der Waals surface area contributed by atoms with Gasteiger partial charge < -0.3 is 20.1 Å². The lowest BCUT2D eigenvalue weighted by Gasteiger charge is -2.33. The van der Waals surface area contributed by atoms with E-state index < -0.39 is 30.7 Å². The topological polar surface area (TPSA) is 87.7 Å². The molecule has 8 nitrogen and oxygen atoms in total. The van der Waals surface area contributed by atoms with Gasteiger partial charge in [-0.15, -0.1) is 0 Å². The van der Waals surface area contributed by atoms with E-state index in [0.29, 0.717) is 24.5 Å². The molecule has 1 fully saturated rings. The van der Waals surface area contributed by atoms with Crippen LogP contribution in [0, 0.1) is 11.8 Å². The molecular formula is C25H28F4N6O2. The van der Waals surface area contributed by atoms with Gasteiger partial charge in [-0.1, -0.05) is 31.0 Å². The Morgan fingerprint density at radius 2 is 2.11 bits per heavy atom. The fraction of sp³-hybridized carbons (Fsp3) is 0.480. The molecule has 3 aromatic heterocycles. The minimum Gasteiger partial charge on any atom is -0.364 e. The van der Waals surface area contributed by atoms with Crippen LogP contribution in [-0.2, 0) is 6.42 Å². The molecule has 37 heavy (non-hydrogen) atoms. The number of nitrogens with zero attached hydrogens (tertiary/aromatic N) is 4. The molecule has 1 amide bonds. The molecule has 1 saturated heterocycles. The number of amides is 1. The third-order valence-corrected chi connectivity index (χ3v) is 6.09. The zero-order valence-corrected chi connectivity index (χ0v) is 20.7. The van der Waals surface area contributed by atoms with Crippen LogP contribution in [0.25, 0.3) is 5.52 Å². The fourth-order valence-electron chi connectivity index (χ4n) is 4.12. The number of nitrogens with one attached hydrogen (secondary N) is 2.